The molecule has 0 spiro atoms. The molecule has 0 atom stereocenters. The normalized spacial score (nSPS) is 16.3. The minimum Gasteiger partial charge on any atom is -0.337 e. The van der Waals surface area contributed by atoms with Crippen molar-refractivity contribution < 1.29 is 4.79 Å². The largest absolute Gasteiger partial charge is 0.337 e. The second kappa shape index (κ2) is 6.98. The van der Waals surface area contributed by atoms with Crippen LogP contribution in [0.3, 0.4) is 0 Å². The lowest BCUT2D eigenvalue weighted by Gasteiger charge is -2.21. The third-order valence-corrected chi connectivity index (χ3v) is 5.67. The Balaban J connectivity index is 1.49. The molecule has 3 aromatic rings. The van der Waals surface area contributed by atoms with Crippen LogP contribution in [0, 0.1) is 6.92 Å². The van der Waals surface area contributed by atoms with Gasteiger partial charge in [-0.25, -0.2) is 4.52 Å². The first-order valence-corrected chi connectivity index (χ1v) is 9.57. The predicted molar refractivity (Wildman–Crippen MR) is 100 cm³/mol. The smallest absolute Gasteiger partial charge is 0.257 e. The molecule has 1 saturated heterocycles. The molecule has 0 saturated carbocycles. The lowest BCUT2D eigenvalue weighted by atomic mass is 10.1. The highest BCUT2D eigenvalue weighted by Gasteiger charge is 2.23. The van der Waals surface area contributed by atoms with Gasteiger partial charge in [0.2, 0.25) is 0 Å². The van der Waals surface area contributed by atoms with E-state index < -0.39 is 0 Å². The van der Waals surface area contributed by atoms with Crippen LogP contribution in [0.1, 0.15) is 27.2 Å². The summed E-state index contributed by atoms with van der Waals surface area (Å²) >= 11 is 1.80. The number of carbonyl (C=O) groups is 1. The fourth-order valence-electron chi connectivity index (χ4n) is 3.50. The third-order valence-electron chi connectivity index (χ3n) is 4.81. The molecular weight excluding hydrogens is 332 g/mol. The Labute approximate surface area is 151 Å². The van der Waals surface area contributed by atoms with E-state index in [4.69, 9.17) is 0 Å². The van der Waals surface area contributed by atoms with Gasteiger partial charge in [-0.1, -0.05) is 12.1 Å². The van der Waals surface area contributed by atoms with Gasteiger partial charge < -0.3 is 4.90 Å². The lowest BCUT2D eigenvalue weighted by molar-refractivity contribution is 0.0763. The van der Waals surface area contributed by atoms with Gasteiger partial charge in [0.05, 0.1) is 17.3 Å². The first-order chi connectivity index (χ1) is 12.2. The van der Waals surface area contributed by atoms with E-state index in [1.165, 1.54) is 4.88 Å². The fraction of sp³-hybridized carbons (Fsp3) is 0.368. The van der Waals surface area contributed by atoms with Crippen LogP contribution >= 0.6 is 11.3 Å². The van der Waals surface area contributed by atoms with Crippen molar-refractivity contribution in [1.82, 2.24) is 19.4 Å². The fourth-order valence-corrected chi connectivity index (χ4v) is 4.24. The minimum atomic E-state index is 0.0993. The van der Waals surface area contributed by atoms with Crippen LogP contribution in [-0.2, 0) is 6.54 Å². The van der Waals surface area contributed by atoms with Gasteiger partial charge in [0.1, 0.15) is 0 Å². The molecule has 1 aliphatic rings. The number of aromatic nitrogens is 2. The lowest BCUT2D eigenvalue weighted by Crippen LogP contribution is -2.35. The van der Waals surface area contributed by atoms with Crippen molar-refractivity contribution in [3.63, 3.8) is 0 Å². The van der Waals surface area contributed by atoms with Crippen LogP contribution in [0.5, 0.6) is 0 Å². The van der Waals surface area contributed by atoms with Crippen molar-refractivity contribution >= 4 is 22.8 Å². The molecule has 0 N–H and O–H groups in total. The summed E-state index contributed by atoms with van der Waals surface area (Å²) < 4.78 is 1.80. The summed E-state index contributed by atoms with van der Waals surface area (Å²) in [4.78, 5) is 18.9. The van der Waals surface area contributed by atoms with E-state index in [9.17, 15) is 4.79 Å². The summed E-state index contributed by atoms with van der Waals surface area (Å²) in [6.07, 6.45) is 4.61. The third kappa shape index (κ3) is 3.32. The number of nitrogens with zero attached hydrogens (tertiary/aromatic N) is 4. The summed E-state index contributed by atoms with van der Waals surface area (Å²) in [5.41, 5.74) is 2.72. The molecule has 3 aromatic heterocycles. The number of aryl methyl sites for hydroxylation is 1. The van der Waals surface area contributed by atoms with Gasteiger partial charge in [0.15, 0.2) is 0 Å². The first kappa shape index (κ1) is 16.3. The van der Waals surface area contributed by atoms with Crippen LogP contribution in [0.15, 0.2) is 42.0 Å². The van der Waals surface area contributed by atoms with Gasteiger partial charge in [-0.15, -0.1) is 11.3 Å². The van der Waals surface area contributed by atoms with Gasteiger partial charge in [-0.2, -0.15) is 5.10 Å². The summed E-state index contributed by atoms with van der Waals surface area (Å²) in [6.45, 7) is 6.54. The number of hydrogen-bond donors (Lipinski definition) is 0. The van der Waals surface area contributed by atoms with Gasteiger partial charge in [0.25, 0.3) is 5.91 Å². The Bertz CT molecular complexity index is 871. The van der Waals surface area contributed by atoms with Crippen molar-refractivity contribution in [2.45, 2.75) is 19.9 Å². The molecule has 5 nitrogen and oxygen atoms in total. The summed E-state index contributed by atoms with van der Waals surface area (Å²) in [6, 6.07) is 8.26. The monoisotopic (exact) mass is 354 g/mol. The number of carbonyl (C=O) groups excluding carboxylic acids is 1. The van der Waals surface area contributed by atoms with Crippen molar-refractivity contribution in [2.24, 2.45) is 0 Å². The SMILES string of the molecule is Cc1cccn2ncc(C(=O)N3CCCN(Cc4cccs4)CC3)c12. The Morgan fingerprint density at radius 3 is 2.96 bits per heavy atom. The van der Waals surface area contributed by atoms with Crippen molar-refractivity contribution in [3.05, 3.63) is 58.0 Å². The summed E-state index contributed by atoms with van der Waals surface area (Å²) in [5, 5.41) is 6.47. The van der Waals surface area contributed by atoms with Crippen molar-refractivity contribution in [1.29, 1.82) is 0 Å². The number of thiophene rings is 1. The molecule has 4 heterocycles. The van der Waals surface area contributed by atoms with Crippen LogP contribution in [0.4, 0.5) is 0 Å². The van der Waals surface area contributed by atoms with Crippen LogP contribution in [0.25, 0.3) is 5.52 Å². The maximum absolute atomic E-state index is 13.1. The van der Waals surface area contributed by atoms with Gasteiger partial charge in [-0.3, -0.25) is 9.69 Å². The van der Waals surface area contributed by atoms with Crippen LogP contribution in [-0.4, -0.2) is 51.5 Å². The molecule has 130 valence electrons. The number of pyridine rings is 1. The van der Waals surface area contributed by atoms with E-state index in [1.807, 2.05) is 30.2 Å². The topological polar surface area (TPSA) is 40.9 Å². The van der Waals surface area contributed by atoms with Crippen molar-refractivity contribution in [2.75, 3.05) is 26.2 Å². The molecular formula is C19H22N4OS. The summed E-state index contributed by atoms with van der Waals surface area (Å²) in [5.74, 6) is 0.0993. The van der Waals surface area contributed by atoms with Gasteiger partial charge >= 0.3 is 0 Å². The van der Waals surface area contributed by atoms with Crippen LogP contribution in [0.2, 0.25) is 0 Å². The molecule has 25 heavy (non-hydrogen) atoms. The molecule has 0 radical (unpaired) electrons. The Kier molecular flexibility index (Phi) is 4.55. The van der Waals surface area contributed by atoms with Gasteiger partial charge in [0, 0.05) is 43.8 Å². The number of hydrogen-bond acceptors (Lipinski definition) is 4. The zero-order chi connectivity index (χ0) is 17.2. The highest BCUT2D eigenvalue weighted by atomic mass is 32.1. The zero-order valence-corrected chi connectivity index (χ0v) is 15.2. The van der Waals surface area contributed by atoms with Crippen molar-refractivity contribution in [3.8, 4) is 0 Å². The summed E-state index contributed by atoms with van der Waals surface area (Å²) in [7, 11) is 0. The molecule has 1 amide bonds. The Hall–Kier alpha value is -2.18. The van der Waals surface area contributed by atoms with E-state index in [2.05, 4.69) is 27.5 Å². The molecule has 6 heteroatoms. The molecule has 1 fully saturated rings. The second-order valence-electron chi connectivity index (χ2n) is 6.54. The highest BCUT2D eigenvalue weighted by molar-refractivity contribution is 7.09. The number of fused-ring (bicyclic) bond motifs is 1. The van der Waals surface area contributed by atoms with E-state index >= 15 is 0 Å². The number of rotatable bonds is 3. The first-order valence-electron chi connectivity index (χ1n) is 8.69. The van der Waals surface area contributed by atoms with E-state index in [0.717, 1.165) is 50.2 Å². The van der Waals surface area contributed by atoms with E-state index in [1.54, 1.807) is 22.0 Å². The quantitative estimate of drug-likeness (QED) is 0.726. The molecule has 4 rings (SSSR count). The second-order valence-corrected chi connectivity index (χ2v) is 7.58. The highest BCUT2D eigenvalue weighted by Crippen LogP contribution is 2.19. The van der Waals surface area contributed by atoms with Crippen LogP contribution < -0.4 is 0 Å². The number of amides is 1. The maximum Gasteiger partial charge on any atom is 0.257 e. The molecule has 0 bridgehead atoms. The Morgan fingerprint density at radius 2 is 2.12 bits per heavy atom. The Morgan fingerprint density at radius 1 is 1.20 bits per heavy atom. The zero-order valence-electron chi connectivity index (χ0n) is 14.4. The molecule has 0 aliphatic carbocycles. The molecule has 0 unspecified atom stereocenters. The van der Waals surface area contributed by atoms with Gasteiger partial charge in [-0.05, 0) is 36.4 Å². The predicted octanol–water partition coefficient (Wildman–Crippen LogP) is 3.05. The average Bonchev–Trinajstić information content (AvgIpc) is 3.21. The average molecular weight is 354 g/mol. The standard InChI is InChI=1S/C19H22N4OS/c1-15-5-2-9-23-18(15)17(13-20-23)19(24)22-8-4-7-21(10-11-22)14-16-6-3-12-25-16/h2-3,5-6,9,12-13H,4,7-8,10-11,14H2,1H3. The van der Waals surface area contributed by atoms with E-state index in [-0.39, 0.29) is 5.91 Å². The molecule has 1 aliphatic heterocycles. The minimum absolute atomic E-state index is 0.0993. The van der Waals surface area contributed by atoms with E-state index in [0.29, 0.717) is 5.56 Å². The molecule has 0 aromatic carbocycles. The maximum atomic E-state index is 13.1.